The Kier molecular flexibility index (Phi) is 19.0. The van der Waals surface area contributed by atoms with Crippen LogP contribution in [-0.2, 0) is 27.4 Å². The van der Waals surface area contributed by atoms with Crippen molar-refractivity contribution >= 4 is 45.6 Å². The summed E-state index contributed by atoms with van der Waals surface area (Å²) in [5.74, 6) is -0.785. The monoisotopic (exact) mass is 696 g/mol. The van der Waals surface area contributed by atoms with E-state index in [1.165, 1.54) is 13.8 Å². The molecular weight excluding hydrogens is 654 g/mol. The predicted molar refractivity (Wildman–Crippen MR) is 142 cm³/mol. The molecule has 0 amide bonds. The average Bonchev–Trinajstić information content (AvgIpc) is 2.52. The van der Waals surface area contributed by atoms with Gasteiger partial charge in [0.1, 0.15) is 0 Å². The molecule has 0 aromatic rings. The van der Waals surface area contributed by atoms with Crippen molar-refractivity contribution < 1.29 is 86.1 Å². The first-order chi connectivity index (χ1) is 16.7. The molecule has 24 heteroatoms. The summed E-state index contributed by atoms with van der Waals surface area (Å²) in [4.78, 5) is 104. The van der Waals surface area contributed by atoms with Gasteiger partial charge in [-0.05, 0) is 37.0 Å². The number of hydrogen-bond acceptors (Lipinski definition) is 6. The molecule has 0 radical (unpaired) electrons. The van der Waals surface area contributed by atoms with Gasteiger partial charge in [-0.15, -0.1) is 0 Å². The zero-order chi connectivity index (χ0) is 32.6. The van der Waals surface area contributed by atoms with Gasteiger partial charge in [-0.1, -0.05) is 41.5 Å². The maximum absolute atomic E-state index is 10.8. The summed E-state index contributed by atoms with van der Waals surface area (Å²) in [7, 11) is -28.3. The molecule has 0 aromatic heterocycles. The van der Waals surface area contributed by atoms with Crippen LogP contribution in [0.15, 0.2) is 0 Å². The van der Waals surface area contributed by atoms with Crippen LogP contribution in [0.1, 0.15) is 60.8 Å². The molecule has 18 nitrogen and oxygen atoms in total. The minimum atomic E-state index is -4.72. The van der Waals surface area contributed by atoms with E-state index >= 15 is 0 Å². The van der Waals surface area contributed by atoms with E-state index in [2.05, 4.69) is 0 Å². The van der Waals surface area contributed by atoms with E-state index in [9.17, 15) is 27.4 Å². The van der Waals surface area contributed by atoms with Crippen LogP contribution in [0.5, 0.6) is 0 Å². The summed E-state index contributed by atoms with van der Waals surface area (Å²) in [6, 6.07) is 0. The first-order valence-electron chi connectivity index (χ1n) is 11.0. The molecule has 0 aliphatic heterocycles. The largest absolute Gasteiger partial charge is 0.340 e. The molecule has 0 heterocycles. The highest BCUT2D eigenvalue weighted by molar-refractivity contribution is 7.71. The van der Waals surface area contributed by atoms with E-state index in [4.69, 9.17) is 58.7 Å². The zero-order valence-electron chi connectivity index (χ0n) is 22.1. The highest BCUT2D eigenvalue weighted by Gasteiger charge is 2.45. The molecular formula is C15H42O18P6. The lowest BCUT2D eigenvalue weighted by atomic mass is 10.1. The highest BCUT2D eigenvalue weighted by atomic mass is 31.2. The van der Waals surface area contributed by atoms with Crippen LogP contribution in [0.25, 0.3) is 0 Å². The van der Waals surface area contributed by atoms with Gasteiger partial charge in [0.2, 0.25) is 0 Å². The lowest BCUT2D eigenvalue weighted by molar-refractivity contribution is 0.321. The van der Waals surface area contributed by atoms with Crippen LogP contribution in [0.2, 0.25) is 0 Å². The highest BCUT2D eigenvalue weighted by Crippen LogP contribution is 2.63. The Morgan fingerprint density at radius 3 is 0.795 bits per heavy atom. The third-order valence-corrected chi connectivity index (χ3v) is 16.6. The Balaban J connectivity index is -0.000000500. The van der Waals surface area contributed by atoms with E-state index < -0.39 is 67.7 Å². The molecule has 0 fully saturated rings. The first-order valence-corrected chi connectivity index (χ1v) is 21.1. The van der Waals surface area contributed by atoms with Gasteiger partial charge in [-0.25, -0.2) is 0 Å². The van der Waals surface area contributed by atoms with Gasteiger partial charge in [0.25, 0.3) is 0 Å². The Morgan fingerprint density at radius 1 is 0.410 bits per heavy atom. The van der Waals surface area contributed by atoms with Gasteiger partial charge in [-0.3, -0.25) is 27.4 Å². The van der Waals surface area contributed by atoms with Crippen molar-refractivity contribution in [2.75, 3.05) is 0 Å². The minimum Gasteiger partial charge on any atom is -0.324 e. The van der Waals surface area contributed by atoms with E-state index in [-0.39, 0.29) is 24.7 Å². The molecule has 240 valence electrons. The van der Waals surface area contributed by atoms with E-state index in [0.717, 1.165) is 0 Å². The molecule has 0 aromatic carbocycles. The zero-order valence-corrected chi connectivity index (χ0v) is 27.5. The van der Waals surface area contributed by atoms with Gasteiger partial charge >= 0.3 is 45.6 Å². The fourth-order valence-corrected chi connectivity index (χ4v) is 11.5. The molecule has 0 aliphatic rings. The number of hydrogen-bond donors (Lipinski definition) is 12. The van der Waals surface area contributed by atoms with Crippen LogP contribution in [-0.4, -0.2) is 74.9 Å². The van der Waals surface area contributed by atoms with Crippen molar-refractivity contribution in [2.24, 2.45) is 17.8 Å². The van der Waals surface area contributed by atoms with Crippen molar-refractivity contribution in [3.05, 3.63) is 0 Å². The molecule has 0 saturated heterocycles. The maximum atomic E-state index is 10.8. The van der Waals surface area contributed by atoms with Crippen molar-refractivity contribution in [1.82, 2.24) is 0 Å². The second-order valence-electron chi connectivity index (χ2n) is 9.75. The maximum Gasteiger partial charge on any atom is 0.340 e. The lowest BCUT2D eigenvalue weighted by Gasteiger charge is -2.22. The SMILES string of the molecule is CC(C)C(P(=O)(O)O)P(=O)(O)O.CC(C)CC(P(=O)(O)O)P(=O)(O)O.CC(C)CCC(P(=O)(O)O)P(=O)(O)O. The molecule has 0 aliphatic carbocycles. The second kappa shape index (κ2) is 16.7. The fourth-order valence-electron chi connectivity index (χ4n) is 2.88. The molecule has 12 N–H and O–H groups in total. The predicted octanol–water partition coefficient (Wildman–Crippen LogP) is 2.14. The normalized spacial score (nSPS) is 14.2. The Labute approximate surface area is 226 Å². The van der Waals surface area contributed by atoms with Gasteiger partial charge < -0.3 is 58.7 Å². The van der Waals surface area contributed by atoms with Gasteiger partial charge in [0, 0.05) is 0 Å². The van der Waals surface area contributed by atoms with E-state index in [1.54, 1.807) is 13.8 Å². The summed E-state index contributed by atoms with van der Waals surface area (Å²) in [5, 5.41) is -5.60. The molecule has 0 rings (SSSR count). The van der Waals surface area contributed by atoms with E-state index in [0.29, 0.717) is 6.42 Å². The van der Waals surface area contributed by atoms with Crippen LogP contribution < -0.4 is 0 Å². The Bertz CT molecular complexity index is 940. The van der Waals surface area contributed by atoms with E-state index in [1.807, 2.05) is 13.8 Å². The Morgan fingerprint density at radius 2 is 0.692 bits per heavy atom. The van der Waals surface area contributed by atoms with Gasteiger partial charge in [0.05, 0.1) is 0 Å². The minimum absolute atomic E-state index is 0.149. The van der Waals surface area contributed by atoms with Crippen LogP contribution >= 0.6 is 45.6 Å². The van der Waals surface area contributed by atoms with Crippen molar-refractivity contribution in [1.29, 1.82) is 0 Å². The fraction of sp³-hybridized carbons (Fsp3) is 1.00. The molecule has 0 atom stereocenters. The first kappa shape index (κ1) is 44.3. The lowest BCUT2D eigenvalue weighted by Crippen LogP contribution is -2.15. The van der Waals surface area contributed by atoms with Crippen LogP contribution in [0, 0.1) is 17.8 Å². The van der Waals surface area contributed by atoms with Crippen LogP contribution in [0.3, 0.4) is 0 Å². The van der Waals surface area contributed by atoms with Crippen LogP contribution in [0.4, 0.5) is 0 Å². The quantitative estimate of drug-likeness (QED) is 0.130. The molecule has 0 spiro atoms. The summed E-state index contributed by atoms with van der Waals surface area (Å²) in [6.45, 7) is 9.61. The third kappa shape index (κ3) is 21.3. The summed E-state index contributed by atoms with van der Waals surface area (Å²) in [5.41, 5.74) is 0. The molecule has 39 heavy (non-hydrogen) atoms. The average molecular weight is 696 g/mol. The molecule has 0 unspecified atom stereocenters. The molecule has 0 saturated carbocycles. The van der Waals surface area contributed by atoms with Crippen molar-refractivity contribution in [3.63, 3.8) is 0 Å². The third-order valence-electron chi connectivity index (χ3n) is 4.52. The molecule has 0 bridgehead atoms. The standard InChI is InChI=1S/C6H16O6P2.C5H14O6P2.C4H12O6P2/c1-5(2)3-4-6(13(7,8)9)14(10,11)12;1-4(2)3-5(12(6,7)8)13(9,10)11;1-3(2)4(11(5,6)7)12(8,9)10/h5-6H,3-4H2,1-2H3,(H2,7,8,9)(H2,10,11,12);4-5H,3H2,1-2H3,(H2,6,7,8)(H2,9,10,11);3-4H,1-2H3,(H2,5,6,7)(H2,8,9,10). The van der Waals surface area contributed by atoms with Crippen molar-refractivity contribution in [3.8, 4) is 0 Å². The number of rotatable bonds is 12. The smallest absolute Gasteiger partial charge is 0.324 e. The summed E-state index contributed by atoms with van der Waals surface area (Å²) in [6.07, 6.45) is 0.0294. The van der Waals surface area contributed by atoms with Gasteiger partial charge in [-0.2, -0.15) is 0 Å². The van der Waals surface area contributed by atoms with Gasteiger partial charge in [0.15, 0.2) is 16.2 Å². The second-order valence-corrected chi connectivity index (χ2v) is 21.7. The Hall–Kier alpha value is 0.900. The topological polar surface area (TPSA) is 345 Å². The summed E-state index contributed by atoms with van der Waals surface area (Å²) < 4.78 is 64.3. The summed E-state index contributed by atoms with van der Waals surface area (Å²) >= 11 is 0. The van der Waals surface area contributed by atoms with Crippen molar-refractivity contribution in [2.45, 2.75) is 77.0 Å².